The minimum Gasteiger partial charge on any atom is -0.356 e. The normalized spacial score (nSPS) is 15.3. The molecule has 0 N–H and O–H groups in total. The van der Waals surface area contributed by atoms with Gasteiger partial charge in [-0.1, -0.05) is 17.7 Å². The summed E-state index contributed by atoms with van der Waals surface area (Å²) in [4.78, 5) is 11.4. The minimum absolute atomic E-state index is 0.882. The number of fused-ring (bicyclic) bond motifs is 1. The van der Waals surface area contributed by atoms with Crippen LogP contribution in [0.2, 0.25) is 0 Å². The predicted molar refractivity (Wildman–Crippen MR) is 92.2 cm³/mol. The molecule has 1 aliphatic rings. The van der Waals surface area contributed by atoms with E-state index in [4.69, 9.17) is 0 Å². The molecule has 5 heteroatoms. The summed E-state index contributed by atoms with van der Waals surface area (Å²) in [6, 6.07) is 6.40. The van der Waals surface area contributed by atoms with Crippen molar-refractivity contribution >= 4 is 16.9 Å². The highest BCUT2D eigenvalue weighted by molar-refractivity contribution is 5.87. The number of hydrogen-bond donors (Lipinski definition) is 0. The van der Waals surface area contributed by atoms with E-state index in [2.05, 4.69) is 52.0 Å². The first-order valence-electron chi connectivity index (χ1n) is 8.25. The van der Waals surface area contributed by atoms with Crippen LogP contribution in [0, 0.1) is 13.8 Å². The van der Waals surface area contributed by atoms with Crippen molar-refractivity contribution in [3.05, 3.63) is 41.9 Å². The van der Waals surface area contributed by atoms with E-state index in [1.165, 1.54) is 30.4 Å². The molecule has 5 nitrogen and oxygen atoms in total. The molecule has 3 aromatic rings. The molecule has 0 amide bonds. The van der Waals surface area contributed by atoms with Crippen LogP contribution in [-0.4, -0.2) is 32.8 Å². The summed E-state index contributed by atoms with van der Waals surface area (Å²) in [6.45, 7) is 6.36. The number of rotatable bonds is 2. The molecule has 2 aromatic heterocycles. The van der Waals surface area contributed by atoms with Gasteiger partial charge in [-0.2, -0.15) is 5.10 Å². The first-order valence-corrected chi connectivity index (χ1v) is 8.25. The van der Waals surface area contributed by atoms with E-state index in [9.17, 15) is 0 Å². The largest absolute Gasteiger partial charge is 0.356 e. The summed E-state index contributed by atoms with van der Waals surface area (Å²) in [6.07, 6.45) is 7.34. The fourth-order valence-corrected chi connectivity index (χ4v) is 3.41. The van der Waals surface area contributed by atoms with E-state index in [0.717, 1.165) is 35.6 Å². The zero-order valence-corrected chi connectivity index (χ0v) is 13.7. The maximum atomic E-state index is 4.60. The van der Waals surface area contributed by atoms with Gasteiger partial charge in [-0.3, -0.25) is 0 Å². The number of anilines is 1. The average Bonchev–Trinajstić information content (AvgIpc) is 2.99. The van der Waals surface area contributed by atoms with Crippen LogP contribution in [0.15, 0.2) is 30.7 Å². The zero-order chi connectivity index (χ0) is 15.8. The Labute approximate surface area is 136 Å². The highest BCUT2D eigenvalue weighted by atomic mass is 15.3. The third kappa shape index (κ3) is 2.46. The van der Waals surface area contributed by atoms with Crippen molar-refractivity contribution in [3.8, 4) is 5.69 Å². The van der Waals surface area contributed by atoms with Gasteiger partial charge in [0.15, 0.2) is 5.65 Å². The van der Waals surface area contributed by atoms with Crippen LogP contribution in [0.4, 0.5) is 5.82 Å². The van der Waals surface area contributed by atoms with Crippen LogP contribution in [0.5, 0.6) is 0 Å². The molecule has 1 fully saturated rings. The summed E-state index contributed by atoms with van der Waals surface area (Å²) in [5.41, 5.74) is 4.42. The van der Waals surface area contributed by atoms with Gasteiger partial charge < -0.3 is 4.90 Å². The Bertz CT molecular complexity index is 846. The molecule has 118 valence electrons. The fraction of sp³-hybridized carbons (Fsp3) is 0.389. The van der Waals surface area contributed by atoms with Crippen LogP contribution >= 0.6 is 0 Å². The first kappa shape index (κ1) is 14.2. The van der Waals surface area contributed by atoms with E-state index in [0.29, 0.717) is 0 Å². The Morgan fingerprint density at radius 1 is 1.00 bits per heavy atom. The molecule has 0 radical (unpaired) electrons. The quantitative estimate of drug-likeness (QED) is 0.728. The Balaban J connectivity index is 1.84. The number of nitrogens with zero attached hydrogens (tertiary/aromatic N) is 5. The topological polar surface area (TPSA) is 46.8 Å². The lowest BCUT2D eigenvalue weighted by Gasteiger charge is -2.27. The smallest absolute Gasteiger partial charge is 0.168 e. The Kier molecular flexibility index (Phi) is 3.48. The molecule has 4 rings (SSSR count). The molecule has 1 aliphatic heterocycles. The van der Waals surface area contributed by atoms with Crippen LogP contribution < -0.4 is 4.90 Å². The minimum atomic E-state index is 0.882. The highest BCUT2D eigenvalue weighted by Gasteiger charge is 2.18. The van der Waals surface area contributed by atoms with Gasteiger partial charge in [0.05, 0.1) is 17.3 Å². The monoisotopic (exact) mass is 307 g/mol. The fourth-order valence-electron chi connectivity index (χ4n) is 3.41. The Morgan fingerprint density at radius 3 is 2.61 bits per heavy atom. The lowest BCUT2D eigenvalue weighted by atomic mass is 10.1. The lowest BCUT2D eigenvalue weighted by molar-refractivity contribution is 0.574. The van der Waals surface area contributed by atoms with Crippen molar-refractivity contribution in [2.24, 2.45) is 0 Å². The third-order valence-electron chi connectivity index (χ3n) is 4.58. The highest BCUT2D eigenvalue weighted by Crippen LogP contribution is 2.27. The van der Waals surface area contributed by atoms with E-state index in [-0.39, 0.29) is 0 Å². The van der Waals surface area contributed by atoms with Crippen molar-refractivity contribution < 1.29 is 0 Å². The van der Waals surface area contributed by atoms with Gasteiger partial charge in [-0.25, -0.2) is 14.6 Å². The van der Waals surface area contributed by atoms with Gasteiger partial charge in [0.1, 0.15) is 12.1 Å². The predicted octanol–water partition coefficient (Wildman–Crippen LogP) is 3.42. The van der Waals surface area contributed by atoms with E-state index >= 15 is 0 Å². The van der Waals surface area contributed by atoms with Gasteiger partial charge in [0.25, 0.3) is 0 Å². The first-order chi connectivity index (χ1) is 11.2. The molecule has 0 bridgehead atoms. The second-order valence-electron chi connectivity index (χ2n) is 6.33. The number of benzene rings is 1. The molecule has 1 aromatic carbocycles. The van der Waals surface area contributed by atoms with Crippen molar-refractivity contribution in [1.82, 2.24) is 19.7 Å². The van der Waals surface area contributed by atoms with Crippen LogP contribution in [-0.2, 0) is 0 Å². The molecule has 0 unspecified atom stereocenters. The van der Waals surface area contributed by atoms with E-state index in [1.807, 2.05) is 10.9 Å². The van der Waals surface area contributed by atoms with Gasteiger partial charge in [0.2, 0.25) is 0 Å². The maximum Gasteiger partial charge on any atom is 0.168 e. The Morgan fingerprint density at radius 2 is 1.83 bits per heavy atom. The molecular weight excluding hydrogens is 286 g/mol. The second-order valence-corrected chi connectivity index (χ2v) is 6.33. The number of aryl methyl sites for hydroxylation is 2. The van der Waals surface area contributed by atoms with E-state index in [1.54, 1.807) is 6.33 Å². The van der Waals surface area contributed by atoms with Crippen molar-refractivity contribution in [2.75, 3.05) is 18.0 Å². The number of aromatic nitrogens is 4. The summed E-state index contributed by atoms with van der Waals surface area (Å²) in [5.74, 6) is 1.02. The van der Waals surface area contributed by atoms with Crippen LogP contribution in [0.1, 0.15) is 30.4 Å². The maximum absolute atomic E-state index is 4.60. The number of hydrogen-bond acceptors (Lipinski definition) is 4. The van der Waals surface area contributed by atoms with Crippen LogP contribution in [0.25, 0.3) is 16.7 Å². The molecular formula is C18H21N5. The summed E-state index contributed by atoms with van der Waals surface area (Å²) >= 11 is 0. The standard InChI is InChI=1S/C18H21N5/c1-13-6-7-16(14(2)10-13)23-18-15(11-21-23)17(19-12-20-18)22-8-4-3-5-9-22/h6-7,10-12H,3-5,8-9H2,1-2H3. The molecule has 23 heavy (non-hydrogen) atoms. The molecule has 1 saturated heterocycles. The third-order valence-corrected chi connectivity index (χ3v) is 4.58. The Hall–Kier alpha value is -2.43. The van der Waals surface area contributed by atoms with Crippen LogP contribution in [0.3, 0.4) is 0 Å². The van der Waals surface area contributed by atoms with Crippen molar-refractivity contribution in [2.45, 2.75) is 33.1 Å². The van der Waals surface area contributed by atoms with Gasteiger partial charge in [-0.05, 0) is 44.7 Å². The molecule has 0 aliphatic carbocycles. The number of piperidine rings is 1. The van der Waals surface area contributed by atoms with Crippen molar-refractivity contribution in [3.63, 3.8) is 0 Å². The van der Waals surface area contributed by atoms with E-state index < -0.39 is 0 Å². The summed E-state index contributed by atoms with van der Waals surface area (Å²) in [7, 11) is 0. The second kappa shape index (κ2) is 5.65. The summed E-state index contributed by atoms with van der Waals surface area (Å²) in [5, 5.41) is 5.64. The molecule has 0 saturated carbocycles. The SMILES string of the molecule is Cc1ccc(-n2ncc3c(N4CCCCC4)ncnc32)c(C)c1. The van der Waals surface area contributed by atoms with Gasteiger partial charge in [-0.15, -0.1) is 0 Å². The van der Waals surface area contributed by atoms with Gasteiger partial charge >= 0.3 is 0 Å². The molecule has 3 heterocycles. The van der Waals surface area contributed by atoms with Crippen molar-refractivity contribution in [1.29, 1.82) is 0 Å². The summed E-state index contributed by atoms with van der Waals surface area (Å²) < 4.78 is 1.93. The molecule has 0 atom stereocenters. The zero-order valence-electron chi connectivity index (χ0n) is 13.7. The lowest BCUT2D eigenvalue weighted by Crippen LogP contribution is -2.30. The van der Waals surface area contributed by atoms with Gasteiger partial charge in [0, 0.05) is 13.1 Å². The molecule has 0 spiro atoms. The average molecular weight is 307 g/mol.